The van der Waals surface area contributed by atoms with E-state index in [0.717, 1.165) is 7.11 Å². The van der Waals surface area contributed by atoms with Gasteiger partial charge in [0, 0.05) is 7.11 Å². The fourth-order valence-electron chi connectivity index (χ4n) is 0.443. The molecule has 0 rings (SSSR count). The van der Waals surface area contributed by atoms with Crippen LogP contribution >= 0.6 is 7.82 Å². The lowest BCUT2D eigenvalue weighted by Gasteiger charge is -2.16. The standard InChI is InChI=1S/C5H8F5O4P/c1-12-15(11,13-2-4(6)7)14-3-5(8,9)10/h4H,2-3H2,1H3. The summed E-state index contributed by atoms with van der Waals surface area (Å²) < 4.78 is 80.7. The van der Waals surface area contributed by atoms with Crippen LogP contribution in [0.15, 0.2) is 0 Å². The van der Waals surface area contributed by atoms with Crippen molar-refractivity contribution in [3.8, 4) is 0 Å². The van der Waals surface area contributed by atoms with Gasteiger partial charge in [-0.15, -0.1) is 0 Å². The van der Waals surface area contributed by atoms with E-state index < -0.39 is 33.6 Å². The van der Waals surface area contributed by atoms with Crippen molar-refractivity contribution in [3.63, 3.8) is 0 Å². The molecule has 0 radical (unpaired) electrons. The Morgan fingerprint density at radius 1 is 1.27 bits per heavy atom. The van der Waals surface area contributed by atoms with Crippen molar-refractivity contribution >= 4 is 7.82 Å². The third-order valence-corrected chi connectivity index (χ3v) is 2.33. The molecule has 0 amide bonds. The van der Waals surface area contributed by atoms with E-state index in [1.165, 1.54) is 0 Å². The molecule has 0 aromatic rings. The number of rotatable bonds is 6. The first-order valence-electron chi connectivity index (χ1n) is 3.48. The first kappa shape index (κ1) is 14.8. The highest BCUT2D eigenvalue weighted by molar-refractivity contribution is 7.48. The van der Waals surface area contributed by atoms with E-state index in [0.29, 0.717) is 0 Å². The smallest absolute Gasteiger partial charge is 0.290 e. The summed E-state index contributed by atoms with van der Waals surface area (Å²) in [5.41, 5.74) is 0. The highest BCUT2D eigenvalue weighted by Gasteiger charge is 2.35. The summed E-state index contributed by atoms with van der Waals surface area (Å²) >= 11 is 0. The molecule has 92 valence electrons. The average molecular weight is 258 g/mol. The summed E-state index contributed by atoms with van der Waals surface area (Å²) in [5, 5.41) is 0. The number of hydrogen-bond donors (Lipinski definition) is 0. The summed E-state index contributed by atoms with van der Waals surface area (Å²) in [5.74, 6) is 0. The number of hydrogen-bond acceptors (Lipinski definition) is 4. The van der Waals surface area contributed by atoms with Gasteiger partial charge in [-0.3, -0.25) is 13.6 Å². The number of phosphoric acid groups is 1. The Bertz CT molecular complexity index is 230. The minimum Gasteiger partial charge on any atom is -0.290 e. The molecular formula is C5H8F5O4P. The topological polar surface area (TPSA) is 44.8 Å². The largest absolute Gasteiger partial charge is 0.475 e. The summed E-state index contributed by atoms with van der Waals surface area (Å²) in [4.78, 5) is 0. The lowest BCUT2D eigenvalue weighted by atomic mass is 10.7. The summed E-state index contributed by atoms with van der Waals surface area (Å²) in [6, 6.07) is 0. The molecule has 0 fully saturated rings. The summed E-state index contributed by atoms with van der Waals surface area (Å²) in [7, 11) is -3.83. The Hall–Kier alpha value is -0.240. The van der Waals surface area contributed by atoms with Crippen LogP contribution in [0.5, 0.6) is 0 Å². The van der Waals surface area contributed by atoms with E-state index in [9.17, 15) is 26.5 Å². The zero-order valence-corrected chi connectivity index (χ0v) is 8.36. The van der Waals surface area contributed by atoms with E-state index >= 15 is 0 Å². The van der Waals surface area contributed by atoms with Gasteiger partial charge >= 0.3 is 14.0 Å². The zero-order chi connectivity index (χ0) is 12.1. The maximum atomic E-state index is 11.6. The van der Waals surface area contributed by atoms with Gasteiger partial charge in [0.2, 0.25) is 0 Å². The van der Waals surface area contributed by atoms with Crippen LogP contribution in [-0.2, 0) is 18.1 Å². The van der Waals surface area contributed by atoms with Crippen LogP contribution < -0.4 is 0 Å². The van der Waals surface area contributed by atoms with Gasteiger partial charge < -0.3 is 0 Å². The normalized spacial score (nSPS) is 16.7. The van der Waals surface area contributed by atoms with Gasteiger partial charge in [-0.1, -0.05) is 0 Å². The third kappa shape index (κ3) is 7.66. The SMILES string of the molecule is COP(=O)(OCC(F)F)OCC(F)(F)F. The minimum absolute atomic E-state index is 0.725. The molecule has 0 aliphatic carbocycles. The monoisotopic (exact) mass is 258 g/mol. The number of halogens is 5. The van der Waals surface area contributed by atoms with E-state index in [1.807, 2.05) is 0 Å². The van der Waals surface area contributed by atoms with Crippen molar-refractivity contribution in [1.29, 1.82) is 0 Å². The molecule has 1 unspecified atom stereocenters. The molecule has 0 N–H and O–H groups in total. The molecule has 0 aromatic heterocycles. The maximum absolute atomic E-state index is 11.6. The first-order valence-corrected chi connectivity index (χ1v) is 4.94. The predicted octanol–water partition coefficient (Wildman–Crippen LogP) is 2.60. The van der Waals surface area contributed by atoms with Crippen LogP contribution in [0.2, 0.25) is 0 Å². The van der Waals surface area contributed by atoms with Crippen molar-refractivity contribution in [2.75, 3.05) is 20.3 Å². The zero-order valence-electron chi connectivity index (χ0n) is 7.46. The molecule has 0 bridgehead atoms. The van der Waals surface area contributed by atoms with Crippen LogP contribution in [0.1, 0.15) is 0 Å². The Labute approximate surface area is 81.9 Å². The minimum atomic E-state index is -4.75. The van der Waals surface area contributed by atoms with Crippen molar-refractivity contribution in [2.24, 2.45) is 0 Å². The van der Waals surface area contributed by atoms with Crippen LogP contribution in [0.4, 0.5) is 22.0 Å². The average Bonchev–Trinajstić information content (AvgIpc) is 2.10. The van der Waals surface area contributed by atoms with E-state index in [1.54, 1.807) is 0 Å². The molecule has 10 heteroatoms. The molecule has 0 heterocycles. The van der Waals surface area contributed by atoms with Crippen molar-refractivity contribution in [2.45, 2.75) is 12.6 Å². The molecule has 1 atom stereocenters. The molecule has 0 aliphatic rings. The third-order valence-electron chi connectivity index (χ3n) is 0.969. The second kappa shape index (κ2) is 5.74. The molecule has 0 saturated heterocycles. The van der Waals surface area contributed by atoms with Crippen LogP contribution in [0.25, 0.3) is 0 Å². The Balaban J connectivity index is 4.14. The summed E-state index contributed by atoms with van der Waals surface area (Å²) in [6.07, 6.45) is -7.73. The highest BCUT2D eigenvalue weighted by Crippen LogP contribution is 2.49. The van der Waals surface area contributed by atoms with Crippen molar-refractivity contribution in [3.05, 3.63) is 0 Å². The highest BCUT2D eigenvalue weighted by atomic mass is 31.2. The molecule has 4 nitrogen and oxygen atoms in total. The van der Waals surface area contributed by atoms with Crippen LogP contribution in [-0.4, -0.2) is 32.9 Å². The Morgan fingerprint density at radius 2 is 1.80 bits per heavy atom. The maximum Gasteiger partial charge on any atom is 0.475 e. The fourth-order valence-corrected chi connectivity index (χ4v) is 1.33. The van der Waals surface area contributed by atoms with E-state index in [2.05, 4.69) is 13.6 Å². The second-order valence-corrected chi connectivity index (χ2v) is 3.98. The van der Waals surface area contributed by atoms with Gasteiger partial charge in [0.05, 0.1) is 0 Å². The van der Waals surface area contributed by atoms with Crippen molar-refractivity contribution < 1.29 is 40.1 Å². The first-order chi connectivity index (χ1) is 6.68. The molecule has 0 aromatic carbocycles. The van der Waals surface area contributed by atoms with Crippen LogP contribution in [0.3, 0.4) is 0 Å². The van der Waals surface area contributed by atoms with Gasteiger partial charge in [0.15, 0.2) is 6.61 Å². The Morgan fingerprint density at radius 3 is 2.13 bits per heavy atom. The second-order valence-electron chi connectivity index (χ2n) is 2.21. The fraction of sp³-hybridized carbons (Fsp3) is 1.00. The number of alkyl halides is 5. The quantitative estimate of drug-likeness (QED) is 0.542. The van der Waals surface area contributed by atoms with E-state index in [-0.39, 0.29) is 0 Å². The lowest BCUT2D eigenvalue weighted by Crippen LogP contribution is -2.17. The van der Waals surface area contributed by atoms with Gasteiger partial charge in [-0.2, -0.15) is 13.2 Å². The van der Waals surface area contributed by atoms with E-state index in [4.69, 9.17) is 0 Å². The molecule has 0 saturated carbocycles. The van der Waals surface area contributed by atoms with Gasteiger partial charge in [0.25, 0.3) is 6.43 Å². The molecular weight excluding hydrogens is 250 g/mol. The predicted molar refractivity (Wildman–Crippen MR) is 38.6 cm³/mol. The van der Waals surface area contributed by atoms with Crippen molar-refractivity contribution in [1.82, 2.24) is 0 Å². The van der Waals surface area contributed by atoms with Gasteiger partial charge in [-0.05, 0) is 0 Å². The van der Waals surface area contributed by atoms with Crippen LogP contribution in [0, 0.1) is 0 Å². The number of phosphoric ester groups is 1. The van der Waals surface area contributed by atoms with Gasteiger partial charge in [0.1, 0.15) is 6.61 Å². The Kier molecular flexibility index (Phi) is 5.65. The molecule has 0 spiro atoms. The summed E-state index contributed by atoms with van der Waals surface area (Å²) in [6.45, 7) is -3.23. The molecule has 0 aliphatic heterocycles. The lowest BCUT2D eigenvalue weighted by molar-refractivity contribution is -0.158. The molecule has 15 heavy (non-hydrogen) atoms. The van der Waals surface area contributed by atoms with Gasteiger partial charge in [-0.25, -0.2) is 13.3 Å².